The van der Waals surface area contributed by atoms with E-state index >= 15 is 0 Å². The zero-order valence-electron chi connectivity index (χ0n) is 11.0. The maximum atomic E-state index is 11.8. The van der Waals surface area contributed by atoms with E-state index in [1.54, 1.807) is 0 Å². The SMILES string of the molecule is CC1(OCC(=O)Nc2ccc3c(c2)CCO3)CNC1. The topological polar surface area (TPSA) is 59.6 Å². The van der Waals surface area contributed by atoms with E-state index in [1.807, 2.05) is 25.1 Å². The Morgan fingerprint density at radius 1 is 1.53 bits per heavy atom. The molecule has 1 aromatic rings. The van der Waals surface area contributed by atoms with Crippen LogP contribution in [0.5, 0.6) is 5.75 Å². The normalized spacial score (nSPS) is 19.2. The van der Waals surface area contributed by atoms with E-state index in [-0.39, 0.29) is 18.1 Å². The van der Waals surface area contributed by atoms with Gasteiger partial charge in [-0.05, 0) is 30.7 Å². The monoisotopic (exact) mass is 262 g/mol. The molecule has 102 valence electrons. The largest absolute Gasteiger partial charge is 0.493 e. The van der Waals surface area contributed by atoms with Gasteiger partial charge in [0.25, 0.3) is 0 Å². The molecule has 1 saturated heterocycles. The highest BCUT2D eigenvalue weighted by atomic mass is 16.5. The van der Waals surface area contributed by atoms with Gasteiger partial charge in [0.15, 0.2) is 0 Å². The van der Waals surface area contributed by atoms with Crippen LogP contribution in [-0.4, -0.2) is 37.8 Å². The molecule has 3 rings (SSSR count). The highest BCUT2D eigenvalue weighted by Gasteiger charge is 2.33. The summed E-state index contributed by atoms with van der Waals surface area (Å²) in [4.78, 5) is 11.8. The number of ether oxygens (including phenoxy) is 2. The number of carbonyl (C=O) groups excluding carboxylic acids is 1. The standard InChI is InChI=1S/C14H18N2O3/c1-14(8-15-9-14)19-7-13(17)16-11-2-3-12-10(6-11)4-5-18-12/h2-3,6,15H,4-5,7-9H2,1H3,(H,16,17). The summed E-state index contributed by atoms with van der Waals surface area (Å²) in [7, 11) is 0. The summed E-state index contributed by atoms with van der Waals surface area (Å²) in [5, 5.41) is 5.99. The molecule has 2 aliphatic heterocycles. The minimum Gasteiger partial charge on any atom is -0.493 e. The van der Waals surface area contributed by atoms with Gasteiger partial charge >= 0.3 is 0 Å². The fourth-order valence-corrected chi connectivity index (χ4v) is 2.28. The number of rotatable bonds is 4. The molecule has 0 spiro atoms. The molecule has 0 bridgehead atoms. The molecule has 1 fully saturated rings. The lowest BCUT2D eigenvalue weighted by Crippen LogP contribution is -2.59. The summed E-state index contributed by atoms with van der Waals surface area (Å²) >= 11 is 0. The van der Waals surface area contributed by atoms with Crippen molar-refractivity contribution in [1.29, 1.82) is 0 Å². The van der Waals surface area contributed by atoms with E-state index in [0.29, 0.717) is 0 Å². The third-order valence-corrected chi connectivity index (χ3v) is 3.52. The first-order valence-electron chi connectivity index (χ1n) is 6.55. The van der Waals surface area contributed by atoms with Gasteiger partial charge in [0.1, 0.15) is 12.4 Å². The molecule has 19 heavy (non-hydrogen) atoms. The Morgan fingerprint density at radius 3 is 3.11 bits per heavy atom. The minimum atomic E-state index is -0.191. The van der Waals surface area contributed by atoms with Crippen LogP contribution in [0, 0.1) is 0 Å². The van der Waals surface area contributed by atoms with Gasteiger partial charge in [0.2, 0.25) is 5.91 Å². The fraction of sp³-hybridized carbons (Fsp3) is 0.500. The Kier molecular flexibility index (Phi) is 3.16. The van der Waals surface area contributed by atoms with Crippen LogP contribution in [0.1, 0.15) is 12.5 Å². The molecule has 2 N–H and O–H groups in total. The van der Waals surface area contributed by atoms with Crippen LogP contribution in [0.4, 0.5) is 5.69 Å². The Bertz CT molecular complexity index is 497. The van der Waals surface area contributed by atoms with Crippen molar-refractivity contribution in [3.63, 3.8) is 0 Å². The third-order valence-electron chi connectivity index (χ3n) is 3.52. The van der Waals surface area contributed by atoms with Crippen molar-refractivity contribution in [2.45, 2.75) is 18.9 Å². The molecule has 2 heterocycles. The van der Waals surface area contributed by atoms with Crippen molar-refractivity contribution in [2.75, 3.05) is 31.6 Å². The van der Waals surface area contributed by atoms with Crippen molar-refractivity contribution < 1.29 is 14.3 Å². The molecule has 2 aliphatic rings. The number of amides is 1. The molecule has 0 aromatic heterocycles. The first-order valence-corrected chi connectivity index (χ1v) is 6.55. The number of nitrogens with one attached hydrogen (secondary N) is 2. The van der Waals surface area contributed by atoms with Crippen LogP contribution in [0.25, 0.3) is 0 Å². The number of fused-ring (bicyclic) bond motifs is 1. The van der Waals surface area contributed by atoms with Crippen LogP contribution in [-0.2, 0) is 16.0 Å². The maximum Gasteiger partial charge on any atom is 0.250 e. The van der Waals surface area contributed by atoms with Gasteiger partial charge in [-0.2, -0.15) is 0 Å². The predicted molar refractivity (Wildman–Crippen MR) is 71.5 cm³/mol. The van der Waals surface area contributed by atoms with Crippen molar-refractivity contribution >= 4 is 11.6 Å². The molecule has 1 aromatic carbocycles. The Balaban J connectivity index is 1.54. The molecule has 0 radical (unpaired) electrons. The van der Waals surface area contributed by atoms with E-state index in [2.05, 4.69) is 10.6 Å². The number of carbonyl (C=O) groups is 1. The van der Waals surface area contributed by atoms with E-state index < -0.39 is 0 Å². The summed E-state index contributed by atoms with van der Waals surface area (Å²) in [6.07, 6.45) is 0.902. The zero-order chi connectivity index (χ0) is 13.3. The molecule has 5 heteroatoms. The molecule has 0 atom stereocenters. The number of benzene rings is 1. The highest BCUT2D eigenvalue weighted by Crippen LogP contribution is 2.27. The molecule has 0 aliphatic carbocycles. The van der Waals surface area contributed by atoms with Gasteiger partial charge in [-0.25, -0.2) is 0 Å². The number of anilines is 1. The van der Waals surface area contributed by atoms with Gasteiger partial charge in [0, 0.05) is 25.2 Å². The van der Waals surface area contributed by atoms with Crippen molar-refractivity contribution in [3.05, 3.63) is 23.8 Å². The quantitative estimate of drug-likeness (QED) is 0.848. The second-order valence-electron chi connectivity index (χ2n) is 5.31. The highest BCUT2D eigenvalue weighted by molar-refractivity contribution is 5.91. The average Bonchev–Trinajstić information content (AvgIpc) is 2.81. The summed E-state index contributed by atoms with van der Waals surface area (Å²) in [5.41, 5.74) is 1.76. The first-order chi connectivity index (χ1) is 9.15. The summed E-state index contributed by atoms with van der Waals surface area (Å²) in [5.74, 6) is 0.800. The van der Waals surface area contributed by atoms with Gasteiger partial charge < -0.3 is 20.1 Å². The zero-order valence-corrected chi connectivity index (χ0v) is 11.0. The second kappa shape index (κ2) is 4.83. The van der Waals surface area contributed by atoms with Crippen LogP contribution in [0.3, 0.4) is 0 Å². The summed E-state index contributed by atoms with van der Waals surface area (Å²) in [6.45, 7) is 4.42. The Labute approximate surface area is 112 Å². The minimum absolute atomic E-state index is 0.0891. The van der Waals surface area contributed by atoms with Crippen molar-refractivity contribution in [1.82, 2.24) is 5.32 Å². The van der Waals surface area contributed by atoms with E-state index in [1.165, 1.54) is 0 Å². The van der Waals surface area contributed by atoms with Gasteiger partial charge in [-0.3, -0.25) is 4.79 Å². The predicted octanol–water partition coefficient (Wildman–Crippen LogP) is 0.938. The fourth-order valence-electron chi connectivity index (χ4n) is 2.28. The van der Waals surface area contributed by atoms with Gasteiger partial charge in [-0.1, -0.05) is 0 Å². The molecule has 0 saturated carbocycles. The lowest BCUT2D eigenvalue weighted by molar-refractivity contribution is -0.130. The number of hydrogen-bond acceptors (Lipinski definition) is 4. The smallest absolute Gasteiger partial charge is 0.250 e. The maximum absolute atomic E-state index is 11.8. The van der Waals surface area contributed by atoms with E-state index in [9.17, 15) is 4.79 Å². The van der Waals surface area contributed by atoms with Gasteiger partial charge in [0.05, 0.1) is 12.2 Å². The van der Waals surface area contributed by atoms with Crippen LogP contribution in [0.15, 0.2) is 18.2 Å². The van der Waals surface area contributed by atoms with E-state index in [0.717, 1.165) is 43.1 Å². The van der Waals surface area contributed by atoms with Crippen molar-refractivity contribution in [2.24, 2.45) is 0 Å². The third kappa shape index (κ3) is 2.72. The molecular formula is C14H18N2O3. The molecule has 5 nitrogen and oxygen atoms in total. The van der Waals surface area contributed by atoms with Gasteiger partial charge in [-0.15, -0.1) is 0 Å². The lowest BCUT2D eigenvalue weighted by atomic mass is 10.0. The molecular weight excluding hydrogens is 244 g/mol. The Morgan fingerprint density at radius 2 is 2.37 bits per heavy atom. The first kappa shape index (κ1) is 12.4. The molecule has 1 amide bonds. The summed E-state index contributed by atoms with van der Waals surface area (Å²) < 4.78 is 11.0. The van der Waals surface area contributed by atoms with Crippen LogP contribution >= 0.6 is 0 Å². The Hall–Kier alpha value is -1.59. The van der Waals surface area contributed by atoms with Crippen LogP contribution < -0.4 is 15.4 Å². The number of hydrogen-bond donors (Lipinski definition) is 2. The summed E-state index contributed by atoms with van der Waals surface area (Å²) in [6, 6.07) is 5.72. The van der Waals surface area contributed by atoms with E-state index in [4.69, 9.17) is 9.47 Å². The average molecular weight is 262 g/mol. The van der Waals surface area contributed by atoms with Crippen molar-refractivity contribution in [3.8, 4) is 5.75 Å². The lowest BCUT2D eigenvalue weighted by Gasteiger charge is -2.38. The van der Waals surface area contributed by atoms with Crippen LogP contribution in [0.2, 0.25) is 0 Å². The molecule has 0 unspecified atom stereocenters. The second-order valence-corrected chi connectivity index (χ2v) is 5.31.